The molecule has 0 aromatic carbocycles. The van der Waals surface area contributed by atoms with E-state index < -0.39 is 0 Å². The van der Waals surface area contributed by atoms with Crippen molar-refractivity contribution in [2.45, 2.75) is 46.5 Å². The van der Waals surface area contributed by atoms with Crippen molar-refractivity contribution in [2.75, 3.05) is 5.33 Å². The molecule has 0 fully saturated rings. The molecule has 0 amide bonds. The molecule has 0 N–H and O–H groups in total. The molecule has 0 saturated heterocycles. The number of hydrogen-bond acceptors (Lipinski definition) is 0. The third kappa shape index (κ3) is 4.15. The van der Waals surface area contributed by atoms with E-state index in [4.69, 9.17) is 0 Å². The van der Waals surface area contributed by atoms with Gasteiger partial charge in [-0.25, -0.2) is 0 Å². The molecule has 2 atom stereocenters. The van der Waals surface area contributed by atoms with Gasteiger partial charge >= 0.3 is 0 Å². The standard InChI is InChI=1S/C10H21Br/c1-4-7-9(5-2)10(6-3)8-11/h9-10H,4-8H2,1-3H3. The SMILES string of the molecule is CCCC(CC)C(CC)CBr. The van der Waals surface area contributed by atoms with E-state index in [1.54, 1.807) is 0 Å². The number of hydrogen-bond donors (Lipinski definition) is 0. The molecule has 0 nitrogen and oxygen atoms in total. The molecular formula is C10H21Br. The Morgan fingerprint density at radius 3 is 1.82 bits per heavy atom. The molecule has 0 bridgehead atoms. The largest absolute Gasteiger partial charge is 0.0925 e. The van der Waals surface area contributed by atoms with Crippen molar-refractivity contribution in [3.05, 3.63) is 0 Å². The first-order valence-electron chi connectivity index (χ1n) is 4.85. The van der Waals surface area contributed by atoms with E-state index in [0.29, 0.717) is 0 Å². The zero-order valence-corrected chi connectivity index (χ0v) is 9.65. The summed E-state index contributed by atoms with van der Waals surface area (Å²) in [6, 6.07) is 0. The van der Waals surface area contributed by atoms with Crippen LogP contribution in [0.25, 0.3) is 0 Å². The highest BCUT2D eigenvalue weighted by atomic mass is 79.9. The van der Waals surface area contributed by atoms with Gasteiger partial charge in [0, 0.05) is 5.33 Å². The Morgan fingerprint density at radius 1 is 1.00 bits per heavy atom. The average Bonchev–Trinajstić information content (AvgIpc) is 2.05. The maximum atomic E-state index is 3.59. The van der Waals surface area contributed by atoms with Crippen molar-refractivity contribution < 1.29 is 0 Å². The fourth-order valence-corrected chi connectivity index (χ4v) is 2.70. The van der Waals surface area contributed by atoms with Gasteiger partial charge in [-0.05, 0) is 11.8 Å². The summed E-state index contributed by atoms with van der Waals surface area (Å²) in [6.07, 6.45) is 5.41. The molecule has 0 aliphatic rings. The van der Waals surface area contributed by atoms with Crippen molar-refractivity contribution in [3.8, 4) is 0 Å². The van der Waals surface area contributed by atoms with E-state index in [9.17, 15) is 0 Å². The molecule has 0 rings (SSSR count). The van der Waals surface area contributed by atoms with E-state index in [2.05, 4.69) is 36.7 Å². The first-order chi connectivity index (χ1) is 5.29. The van der Waals surface area contributed by atoms with Gasteiger partial charge in [-0.2, -0.15) is 0 Å². The lowest BCUT2D eigenvalue weighted by Crippen LogP contribution is -2.14. The van der Waals surface area contributed by atoms with Crippen molar-refractivity contribution in [3.63, 3.8) is 0 Å². The predicted molar refractivity (Wildman–Crippen MR) is 56.3 cm³/mol. The fraction of sp³-hybridized carbons (Fsp3) is 1.00. The zero-order chi connectivity index (χ0) is 8.69. The Labute approximate surface area is 79.9 Å². The number of alkyl halides is 1. The van der Waals surface area contributed by atoms with Gasteiger partial charge in [-0.1, -0.05) is 62.4 Å². The predicted octanol–water partition coefficient (Wildman–Crippen LogP) is 4.23. The molecule has 0 spiro atoms. The Morgan fingerprint density at radius 2 is 1.55 bits per heavy atom. The second kappa shape index (κ2) is 7.15. The summed E-state index contributed by atoms with van der Waals surface area (Å²) < 4.78 is 0. The normalized spacial score (nSPS) is 16.4. The van der Waals surface area contributed by atoms with E-state index in [1.807, 2.05) is 0 Å². The minimum Gasteiger partial charge on any atom is -0.0925 e. The first-order valence-corrected chi connectivity index (χ1v) is 5.98. The Bertz CT molecular complexity index is 76.9. The molecule has 0 aliphatic carbocycles. The minimum absolute atomic E-state index is 0.903. The van der Waals surface area contributed by atoms with Crippen LogP contribution in [0, 0.1) is 11.8 Å². The highest BCUT2D eigenvalue weighted by molar-refractivity contribution is 9.09. The van der Waals surface area contributed by atoms with E-state index in [-0.39, 0.29) is 0 Å². The number of rotatable bonds is 6. The van der Waals surface area contributed by atoms with Crippen LogP contribution in [0.4, 0.5) is 0 Å². The molecule has 68 valence electrons. The van der Waals surface area contributed by atoms with Crippen molar-refractivity contribution in [1.82, 2.24) is 0 Å². The Balaban J connectivity index is 3.76. The monoisotopic (exact) mass is 220 g/mol. The van der Waals surface area contributed by atoms with Crippen LogP contribution in [0.2, 0.25) is 0 Å². The third-order valence-corrected chi connectivity index (χ3v) is 3.40. The first kappa shape index (κ1) is 11.5. The third-order valence-electron chi connectivity index (χ3n) is 2.57. The van der Waals surface area contributed by atoms with Gasteiger partial charge < -0.3 is 0 Å². The average molecular weight is 221 g/mol. The molecule has 1 heteroatoms. The van der Waals surface area contributed by atoms with Crippen LogP contribution >= 0.6 is 15.9 Å². The molecular weight excluding hydrogens is 200 g/mol. The quantitative estimate of drug-likeness (QED) is 0.588. The van der Waals surface area contributed by atoms with Gasteiger partial charge in [0.05, 0.1) is 0 Å². The van der Waals surface area contributed by atoms with Crippen LogP contribution in [0.3, 0.4) is 0 Å². The van der Waals surface area contributed by atoms with Crippen LogP contribution in [0.1, 0.15) is 46.5 Å². The smallest absolute Gasteiger partial charge is 0.00622 e. The Hall–Kier alpha value is 0.480. The van der Waals surface area contributed by atoms with E-state index in [1.165, 1.54) is 31.0 Å². The summed E-state index contributed by atoms with van der Waals surface area (Å²) in [5.41, 5.74) is 0. The lowest BCUT2D eigenvalue weighted by atomic mass is 9.86. The van der Waals surface area contributed by atoms with Gasteiger partial charge in [-0.15, -0.1) is 0 Å². The minimum atomic E-state index is 0.903. The maximum Gasteiger partial charge on any atom is 0.00622 e. The van der Waals surface area contributed by atoms with Crippen LogP contribution in [0.5, 0.6) is 0 Å². The van der Waals surface area contributed by atoms with Gasteiger partial charge in [0.25, 0.3) is 0 Å². The summed E-state index contributed by atoms with van der Waals surface area (Å²) in [6.45, 7) is 6.89. The lowest BCUT2D eigenvalue weighted by Gasteiger charge is -2.22. The Kier molecular flexibility index (Phi) is 7.46. The fourth-order valence-electron chi connectivity index (χ4n) is 1.71. The topological polar surface area (TPSA) is 0 Å². The maximum absolute atomic E-state index is 3.59. The van der Waals surface area contributed by atoms with Crippen LogP contribution < -0.4 is 0 Å². The second-order valence-corrected chi connectivity index (χ2v) is 3.93. The number of halogens is 1. The van der Waals surface area contributed by atoms with Gasteiger partial charge in [0.2, 0.25) is 0 Å². The zero-order valence-electron chi connectivity index (χ0n) is 8.07. The summed E-state index contributed by atoms with van der Waals surface area (Å²) >= 11 is 3.59. The van der Waals surface area contributed by atoms with Crippen LogP contribution in [-0.2, 0) is 0 Å². The molecule has 0 aromatic rings. The summed E-state index contributed by atoms with van der Waals surface area (Å²) in [7, 11) is 0. The summed E-state index contributed by atoms with van der Waals surface area (Å²) in [5, 5.41) is 1.18. The second-order valence-electron chi connectivity index (χ2n) is 3.28. The van der Waals surface area contributed by atoms with Crippen molar-refractivity contribution in [2.24, 2.45) is 11.8 Å². The van der Waals surface area contributed by atoms with E-state index >= 15 is 0 Å². The van der Waals surface area contributed by atoms with Crippen molar-refractivity contribution >= 4 is 15.9 Å². The molecule has 11 heavy (non-hydrogen) atoms. The summed E-state index contributed by atoms with van der Waals surface area (Å²) in [5.74, 6) is 1.85. The molecule has 0 heterocycles. The molecule has 2 unspecified atom stereocenters. The van der Waals surface area contributed by atoms with E-state index in [0.717, 1.165) is 11.8 Å². The van der Waals surface area contributed by atoms with Gasteiger partial charge in [0.1, 0.15) is 0 Å². The summed E-state index contributed by atoms with van der Waals surface area (Å²) in [4.78, 5) is 0. The van der Waals surface area contributed by atoms with Crippen LogP contribution in [-0.4, -0.2) is 5.33 Å². The lowest BCUT2D eigenvalue weighted by molar-refractivity contribution is 0.322. The van der Waals surface area contributed by atoms with Gasteiger partial charge in [-0.3, -0.25) is 0 Å². The molecule has 0 saturated carbocycles. The van der Waals surface area contributed by atoms with Crippen molar-refractivity contribution in [1.29, 1.82) is 0 Å². The highest BCUT2D eigenvalue weighted by Crippen LogP contribution is 2.25. The molecule has 0 aliphatic heterocycles. The van der Waals surface area contributed by atoms with Crippen LogP contribution in [0.15, 0.2) is 0 Å². The highest BCUT2D eigenvalue weighted by Gasteiger charge is 2.15. The van der Waals surface area contributed by atoms with Gasteiger partial charge in [0.15, 0.2) is 0 Å². The molecule has 0 radical (unpaired) electrons. The molecule has 0 aromatic heterocycles.